The summed E-state index contributed by atoms with van der Waals surface area (Å²) in [5.74, 6) is 0.771. The van der Waals surface area contributed by atoms with Gasteiger partial charge in [-0.05, 0) is 18.2 Å². The second kappa shape index (κ2) is 6.10. The Hall–Kier alpha value is -1.22. The lowest BCUT2D eigenvalue weighted by Gasteiger charge is -2.12. The fraction of sp³-hybridized carbons (Fsp3) is 0.143. The Morgan fingerprint density at radius 1 is 1.00 bits per heavy atom. The van der Waals surface area contributed by atoms with Crippen molar-refractivity contribution in [3.63, 3.8) is 0 Å². The van der Waals surface area contributed by atoms with Crippen LogP contribution < -0.4 is 10.5 Å². The highest BCUT2D eigenvalue weighted by Gasteiger charge is 2.09. The predicted molar refractivity (Wildman–Crippen MR) is 76.4 cm³/mol. The molecule has 0 bridgehead atoms. The maximum atomic E-state index is 6.21. The molecule has 2 N–H and O–H groups in total. The summed E-state index contributed by atoms with van der Waals surface area (Å²) in [6, 6.07) is 13.1. The van der Waals surface area contributed by atoms with Gasteiger partial charge in [-0.3, -0.25) is 0 Å². The number of hydrogen-bond acceptors (Lipinski definition) is 2. The highest BCUT2D eigenvalue weighted by atomic mass is 35.5. The molecule has 0 spiro atoms. The number of nitrogens with two attached hydrogens (primary N) is 1. The van der Waals surface area contributed by atoms with Crippen LogP contribution in [-0.2, 0) is 0 Å². The maximum absolute atomic E-state index is 6.21. The molecule has 0 saturated carbocycles. The molecular weight excluding hydrogens is 269 g/mol. The van der Waals surface area contributed by atoms with Crippen LogP contribution in [0.1, 0.15) is 0 Å². The van der Waals surface area contributed by atoms with Crippen molar-refractivity contribution < 1.29 is 4.74 Å². The van der Waals surface area contributed by atoms with Gasteiger partial charge in [0.1, 0.15) is 12.4 Å². The first-order chi connectivity index (χ1) is 8.72. The minimum atomic E-state index is 0.474. The van der Waals surface area contributed by atoms with Crippen LogP contribution in [0.5, 0.6) is 5.75 Å². The van der Waals surface area contributed by atoms with Gasteiger partial charge in [0, 0.05) is 22.7 Å². The molecule has 0 aliphatic carbocycles. The van der Waals surface area contributed by atoms with Gasteiger partial charge in [-0.25, -0.2) is 0 Å². The first kappa shape index (κ1) is 13.2. The Bertz CT molecular complexity index is 543. The van der Waals surface area contributed by atoms with E-state index in [1.54, 1.807) is 6.07 Å². The van der Waals surface area contributed by atoms with Crippen LogP contribution >= 0.6 is 23.2 Å². The predicted octanol–water partition coefficient (Wildman–Crippen LogP) is 4.00. The summed E-state index contributed by atoms with van der Waals surface area (Å²) in [5.41, 5.74) is 7.28. The van der Waals surface area contributed by atoms with Crippen LogP contribution in [0.4, 0.5) is 0 Å². The molecule has 0 saturated heterocycles. The van der Waals surface area contributed by atoms with Gasteiger partial charge in [0.15, 0.2) is 0 Å². The topological polar surface area (TPSA) is 35.2 Å². The van der Waals surface area contributed by atoms with Gasteiger partial charge >= 0.3 is 0 Å². The van der Waals surface area contributed by atoms with E-state index in [1.807, 2.05) is 36.4 Å². The van der Waals surface area contributed by atoms with Crippen LogP contribution in [0, 0.1) is 0 Å². The second-order valence-electron chi connectivity index (χ2n) is 3.76. The maximum Gasteiger partial charge on any atom is 0.127 e. The zero-order chi connectivity index (χ0) is 13.0. The molecule has 0 atom stereocenters. The van der Waals surface area contributed by atoms with E-state index in [-0.39, 0.29) is 0 Å². The van der Waals surface area contributed by atoms with Crippen LogP contribution in [0.3, 0.4) is 0 Å². The van der Waals surface area contributed by atoms with Crippen molar-refractivity contribution in [2.24, 2.45) is 5.73 Å². The van der Waals surface area contributed by atoms with Crippen molar-refractivity contribution in [3.8, 4) is 16.9 Å². The molecule has 0 unspecified atom stereocenters. The van der Waals surface area contributed by atoms with Crippen LogP contribution in [0.2, 0.25) is 10.0 Å². The minimum absolute atomic E-state index is 0.474. The summed E-state index contributed by atoms with van der Waals surface area (Å²) in [4.78, 5) is 0. The van der Waals surface area contributed by atoms with Crippen molar-refractivity contribution in [1.82, 2.24) is 0 Å². The first-order valence-electron chi connectivity index (χ1n) is 5.59. The van der Waals surface area contributed by atoms with E-state index in [1.165, 1.54) is 0 Å². The van der Waals surface area contributed by atoms with Crippen LogP contribution in [-0.4, -0.2) is 13.2 Å². The van der Waals surface area contributed by atoms with E-state index < -0.39 is 0 Å². The van der Waals surface area contributed by atoms with Gasteiger partial charge in [-0.15, -0.1) is 0 Å². The molecule has 0 heterocycles. The van der Waals surface area contributed by atoms with Gasteiger partial charge < -0.3 is 10.5 Å². The van der Waals surface area contributed by atoms with Crippen LogP contribution in [0.25, 0.3) is 11.1 Å². The molecule has 0 amide bonds. The van der Waals surface area contributed by atoms with Crippen LogP contribution in [0.15, 0.2) is 42.5 Å². The fourth-order valence-electron chi connectivity index (χ4n) is 1.69. The molecule has 2 nitrogen and oxygen atoms in total. The molecule has 18 heavy (non-hydrogen) atoms. The molecular formula is C14H13Cl2NO. The molecule has 94 valence electrons. The summed E-state index contributed by atoms with van der Waals surface area (Å²) in [5, 5.41) is 1.22. The SMILES string of the molecule is NCCOc1ccccc1-c1ccc(Cl)cc1Cl. The average Bonchev–Trinajstić information content (AvgIpc) is 2.37. The number of benzene rings is 2. The molecule has 0 radical (unpaired) electrons. The lowest BCUT2D eigenvalue weighted by Crippen LogP contribution is -2.11. The standard InChI is InChI=1S/C14H13Cl2NO/c15-10-5-6-11(13(16)9-10)12-3-1-2-4-14(12)18-8-7-17/h1-6,9H,7-8,17H2. The van der Waals surface area contributed by atoms with E-state index >= 15 is 0 Å². The molecule has 4 heteroatoms. The van der Waals surface area contributed by atoms with Crippen molar-refractivity contribution in [2.75, 3.05) is 13.2 Å². The third-order valence-electron chi connectivity index (χ3n) is 2.48. The Morgan fingerprint density at radius 3 is 2.50 bits per heavy atom. The fourth-order valence-corrected chi connectivity index (χ4v) is 2.20. The Morgan fingerprint density at radius 2 is 1.78 bits per heavy atom. The van der Waals surface area contributed by atoms with E-state index in [0.717, 1.165) is 16.9 Å². The zero-order valence-electron chi connectivity index (χ0n) is 9.70. The van der Waals surface area contributed by atoms with E-state index in [2.05, 4.69) is 0 Å². The highest BCUT2D eigenvalue weighted by molar-refractivity contribution is 6.36. The van der Waals surface area contributed by atoms with Gasteiger partial charge in [0.2, 0.25) is 0 Å². The second-order valence-corrected chi connectivity index (χ2v) is 4.60. The summed E-state index contributed by atoms with van der Waals surface area (Å²) in [7, 11) is 0. The Labute approximate surface area is 116 Å². The largest absolute Gasteiger partial charge is 0.492 e. The minimum Gasteiger partial charge on any atom is -0.492 e. The number of hydrogen-bond donors (Lipinski definition) is 1. The third-order valence-corrected chi connectivity index (χ3v) is 3.03. The monoisotopic (exact) mass is 281 g/mol. The normalized spacial score (nSPS) is 10.4. The van der Waals surface area contributed by atoms with Crippen molar-refractivity contribution >= 4 is 23.2 Å². The number of rotatable bonds is 4. The molecule has 0 aliphatic rings. The average molecular weight is 282 g/mol. The van der Waals surface area contributed by atoms with Gasteiger partial charge in [-0.1, -0.05) is 47.5 Å². The van der Waals surface area contributed by atoms with Gasteiger partial charge in [0.25, 0.3) is 0 Å². The number of halogens is 2. The van der Waals surface area contributed by atoms with Crippen molar-refractivity contribution in [2.45, 2.75) is 0 Å². The highest BCUT2D eigenvalue weighted by Crippen LogP contribution is 2.35. The van der Waals surface area contributed by atoms with Gasteiger partial charge in [-0.2, -0.15) is 0 Å². The zero-order valence-corrected chi connectivity index (χ0v) is 11.2. The molecule has 2 rings (SSSR count). The van der Waals surface area contributed by atoms with E-state index in [9.17, 15) is 0 Å². The summed E-state index contributed by atoms with van der Waals surface area (Å²) < 4.78 is 5.61. The molecule has 0 fully saturated rings. The lowest BCUT2D eigenvalue weighted by molar-refractivity contribution is 0.329. The first-order valence-corrected chi connectivity index (χ1v) is 6.35. The van der Waals surface area contributed by atoms with Gasteiger partial charge in [0.05, 0.1) is 5.02 Å². The summed E-state index contributed by atoms with van der Waals surface area (Å²) in [6.07, 6.45) is 0. The smallest absolute Gasteiger partial charge is 0.127 e. The van der Waals surface area contributed by atoms with Crippen molar-refractivity contribution in [3.05, 3.63) is 52.5 Å². The lowest BCUT2D eigenvalue weighted by atomic mass is 10.0. The number of ether oxygens (including phenoxy) is 1. The third kappa shape index (κ3) is 2.96. The summed E-state index contributed by atoms with van der Waals surface area (Å²) in [6.45, 7) is 0.949. The Kier molecular flexibility index (Phi) is 4.48. The van der Waals surface area contributed by atoms with E-state index in [0.29, 0.717) is 23.2 Å². The molecule has 2 aromatic rings. The van der Waals surface area contributed by atoms with Crippen molar-refractivity contribution in [1.29, 1.82) is 0 Å². The Balaban J connectivity index is 2.43. The molecule has 0 aliphatic heterocycles. The number of para-hydroxylation sites is 1. The van der Waals surface area contributed by atoms with E-state index in [4.69, 9.17) is 33.7 Å². The molecule has 2 aromatic carbocycles. The molecule has 0 aromatic heterocycles. The summed E-state index contributed by atoms with van der Waals surface area (Å²) >= 11 is 12.1. The quantitative estimate of drug-likeness (QED) is 0.920.